The van der Waals surface area contributed by atoms with E-state index in [4.69, 9.17) is 0 Å². The van der Waals surface area contributed by atoms with Crippen LogP contribution < -0.4 is 0 Å². The number of carbonyl (C=O) groups excluding carboxylic acids is 1. The Labute approximate surface area is 123 Å². The maximum Gasteiger partial charge on any atom is 0.156 e. The molecule has 20 heavy (non-hydrogen) atoms. The SMILES string of the molecule is CCCCCCCCC(=O)C1CC2CCC(C1)S2(=O)=O. The molecule has 2 aliphatic rings. The van der Waals surface area contributed by atoms with Gasteiger partial charge in [0.15, 0.2) is 9.84 Å². The van der Waals surface area contributed by atoms with Crippen molar-refractivity contribution in [1.82, 2.24) is 0 Å². The predicted octanol–water partition coefficient (Wildman–Crippen LogP) is 3.66. The molecular formula is C16H28O3S. The molecule has 2 rings (SSSR count). The molecule has 0 N–H and O–H groups in total. The Balaban J connectivity index is 1.70. The lowest BCUT2D eigenvalue weighted by molar-refractivity contribution is -0.123. The zero-order valence-corrected chi connectivity index (χ0v) is 13.5. The summed E-state index contributed by atoms with van der Waals surface area (Å²) in [4.78, 5) is 12.2. The second-order valence-electron chi connectivity index (χ2n) is 6.56. The maximum atomic E-state index is 12.2. The van der Waals surface area contributed by atoms with Crippen LogP contribution in [-0.2, 0) is 14.6 Å². The molecule has 0 aromatic heterocycles. The van der Waals surface area contributed by atoms with Crippen molar-refractivity contribution in [1.29, 1.82) is 0 Å². The van der Waals surface area contributed by atoms with Gasteiger partial charge in [-0.2, -0.15) is 0 Å². The van der Waals surface area contributed by atoms with E-state index in [0.29, 0.717) is 25.0 Å². The highest BCUT2D eigenvalue weighted by atomic mass is 32.2. The Kier molecular flexibility index (Phi) is 5.65. The molecule has 0 saturated carbocycles. The minimum atomic E-state index is -2.88. The van der Waals surface area contributed by atoms with Crippen molar-refractivity contribution in [2.24, 2.45) is 5.92 Å². The van der Waals surface area contributed by atoms with E-state index in [1.807, 2.05) is 0 Å². The summed E-state index contributed by atoms with van der Waals surface area (Å²) in [5, 5.41) is -0.417. The van der Waals surface area contributed by atoms with E-state index >= 15 is 0 Å². The first-order valence-electron chi connectivity index (χ1n) is 8.31. The lowest BCUT2D eigenvalue weighted by atomic mass is 9.91. The summed E-state index contributed by atoms with van der Waals surface area (Å²) in [6.45, 7) is 2.20. The third kappa shape index (κ3) is 3.63. The van der Waals surface area contributed by atoms with Crippen LogP contribution in [0.15, 0.2) is 0 Å². The minimum Gasteiger partial charge on any atom is -0.299 e. The summed E-state index contributed by atoms with van der Waals surface area (Å²) < 4.78 is 24.0. The normalized spacial score (nSPS) is 31.4. The fraction of sp³-hybridized carbons (Fsp3) is 0.938. The largest absolute Gasteiger partial charge is 0.299 e. The van der Waals surface area contributed by atoms with Gasteiger partial charge in [-0.3, -0.25) is 4.79 Å². The van der Waals surface area contributed by atoms with Gasteiger partial charge >= 0.3 is 0 Å². The van der Waals surface area contributed by atoms with Gasteiger partial charge in [-0.15, -0.1) is 0 Å². The number of unbranched alkanes of at least 4 members (excludes halogenated alkanes) is 5. The molecule has 0 spiro atoms. The van der Waals surface area contributed by atoms with Crippen LogP contribution in [0.25, 0.3) is 0 Å². The highest BCUT2D eigenvalue weighted by Crippen LogP contribution is 2.41. The summed E-state index contributed by atoms with van der Waals surface area (Å²) in [5.41, 5.74) is 0. The van der Waals surface area contributed by atoms with E-state index < -0.39 is 9.84 Å². The molecule has 0 aromatic carbocycles. The van der Waals surface area contributed by atoms with Crippen LogP contribution in [0.5, 0.6) is 0 Å². The fourth-order valence-electron chi connectivity index (χ4n) is 3.75. The van der Waals surface area contributed by atoms with Gasteiger partial charge in [0.1, 0.15) is 5.78 Å². The third-order valence-corrected chi connectivity index (χ3v) is 7.78. The van der Waals surface area contributed by atoms with Crippen molar-refractivity contribution in [3.8, 4) is 0 Å². The topological polar surface area (TPSA) is 51.2 Å². The summed E-state index contributed by atoms with van der Waals surface area (Å²) in [6.07, 6.45) is 10.6. The van der Waals surface area contributed by atoms with Crippen molar-refractivity contribution < 1.29 is 13.2 Å². The first-order valence-corrected chi connectivity index (χ1v) is 9.92. The van der Waals surface area contributed by atoms with Crippen molar-refractivity contribution >= 4 is 15.6 Å². The molecule has 2 heterocycles. The molecule has 0 aliphatic carbocycles. The minimum absolute atomic E-state index is 0.0340. The number of hydrogen-bond acceptors (Lipinski definition) is 3. The van der Waals surface area contributed by atoms with Crippen LogP contribution >= 0.6 is 0 Å². The van der Waals surface area contributed by atoms with E-state index in [1.54, 1.807) is 0 Å². The molecular weight excluding hydrogens is 272 g/mol. The number of hydrogen-bond donors (Lipinski definition) is 0. The molecule has 0 radical (unpaired) electrons. The number of sulfone groups is 1. The zero-order valence-electron chi connectivity index (χ0n) is 12.6. The van der Waals surface area contributed by atoms with Gasteiger partial charge in [0.2, 0.25) is 0 Å². The third-order valence-electron chi connectivity index (χ3n) is 5.07. The highest BCUT2D eigenvalue weighted by molar-refractivity contribution is 7.93. The molecule has 116 valence electrons. The molecule has 2 atom stereocenters. The number of carbonyl (C=O) groups is 1. The predicted molar refractivity (Wildman–Crippen MR) is 81.5 cm³/mol. The van der Waals surface area contributed by atoms with Crippen molar-refractivity contribution in [3.63, 3.8) is 0 Å². The van der Waals surface area contributed by atoms with Gasteiger partial charge in [-0.05, 0) is 32.1 Å². The molecule has 2 fully saturated rings. The maximum absolute atomic E-state index is 12.2. The van der Waals surface area contributed by atoms with Gasteiger partial charge in [-0.25, -0.2) is 8.42 Å². The second kappa shape index (κ2) is 7.06. The Hall–Kier alpha value is -0.380. The molecule has 2 saturated heterocycles. The van der Waals surface area contributed by atoms with Crippen molar-refractivity contribution in [2.75, 3.05) is 0 Å². The molecule has 0 amide bonds. The number of ketones is 1. The molecule has 2 unspecified atom stereocenters. The standard InChI is InChI=1S/C16H28O3S/c1-2-3-4-5-6-7-8-16(17)13-11-14-9-10-15(12-13)20(14,18)19/h13-15H,2-12H2,1H3. The Morgan fingerprint density at radius 1 is 0.950 bits per heavy atom. The van der Waals surface area contributed by atoms with Crippen LogP contribution in [0, 0.1) is 5.92 Å². The van der Waals surface area contributed by atoms with Crippen LogP contribution in [0.4, 0.5) is 0 Å². The van der Waals surface area contributed by atoms with Gasteiger partial charge < -0.3 is 0 Å². The fourth-order valence-corrected chi connectivity index (χ4v) is 6.23. The van der Waals surface area contributed by atoms with Crippen LogP contribution in [-0.4, -0.2) is 24.7 Å². The van der Waals surface area contributed by atoms with E-state index in [1.165, 1.54) is 25.7 Å². The zero-order chi connectivity index (χ0) is 14.6. The number of rotatable bonds is 8. The molecule has 3 nitrogen and oxygen atoms in total. The average Bonchev–Trinajstić information content (AvgIpc) is 2.61. The summed E-state index contributed by atoms with van der Waals surface area (Å²) >= 11 is 0. The summed E-state index contributed by atoms with van der Waals surface area (Å²) in [5.74, 6) is 0.360. The first kappa shape index (κ1) is 16.0. The highest BCUT2D eigenvalue weighted by Gasteiger charge is 2.48. The number of Topliss-reactive ketones (excluding diaryl/α,β-unsaturated/α-hetero) is 1. The Morgan fingerprint density at radius 2 is 1.50 bits per heavy atom. The van der Waals surface area contributed by atoms with E-state index in [-0.39, 0.29) is 16.4 Å². The van der Waals surface area contributed by atoms with E-state index in [9.17, 15) is 13.2 Å². The Morgan fingerprint density at radius 3 is 2.10 bits per heavy atom. The van der Waals surface area contributed by atoms with Gasteiger partial charge in [0.25, 0.3) is 0 Å². The van der Waals surface area contributed by atoms with Crippen LogP contribution in [0.2, 0.25) is 0 Å². The lowest BCUT2D eigenvalue weighted by Crippen LogP contribution is -2.36. The summed E-state index contributed by atoms with van der Waals surface area (Å²) in [6, 6.07) is 0. The van der Waals surface area contributed by atoms with Crippen LogP contribution in [0.3, 0.4) is 0 Å². The smallest absolute Gasteiger partial charge is 0.156 e. The van der Waals surface area contributed by atoms with Gasteiger partial charge in [0, 0.05) is 12.3 Å². The van der Waals surface area contributed by atoms with E-state index in [2.05, 4.69) is 6.92 Å². The molecule has 2 bridgehead atoms. The molecule has 0 aromatic rings. The Bertz CT molecular complexity index is 407. The van der Waals surface area contributed by atoms with E-state index in [0.717, 1.165) is 25.7 Å². The average molecular weight is 300 g/mol. The van der Waals surface area contributed by atoms with Crippen LogP contribution in [0.1, 0.15) is 77.6 Å². The molecule has 2 aliphatic heterocycles. The monoisotopic (exact) mass is 300 g/mol. The van der Waals surface area contributed by atoms with Gasteiger partial charge in [-0.1, -0.05) is 39.0 Å². The molecule has 4 heteroatoms. The van der Waals surface area contributed by atoms with Gasteiger partial charge in [0.05, 0.1) is 10.5 Å². The second-order valence-corrected chi connectivity index (χ2v) is 9.07. The van der Waals surface area contributed by atoms with Crippen molar-refractivity contribution in [3.05, 3.63) is 0 Å². The summed E-state index contributed by atoms with van der Waals surface area (Å²) in [7, 11) is -2.88. The lowest BCUT2D eigenvalue weighted by Gasteiger charge is -2.26. The number of fused-ring (bicyclic) bond motifs is 2. The first-order chi connectivity index (χ1) is 9.55. The quantitative estimate of drug-likeness (QED) is 0.643. The van der Waals surface area contributed by atoms with Crippen molar-refractivity contribution in [2.45, 2.75) is 88.1 Å².